The van der Waals surface area contributed by atoms with Crippen LogP contribution in [0.3, 0.4) is 0 Å². The van der Waals surface area contributed by atoms with E-state index in [1.54, 1.807) is 14.2 Å². The van der Waals surface area contributed by atoms with Gasteiger partial charge >= 0.3 is 0 Å². The third-order valence-corrected chi connectivity index (χ3v) is 5.73. The number of H-pyrrole nitrogens is 1. The molecule has 0 saturated carbocycles. The van der Waals surface area contributed by atoms with E-state index >= 15 is 0 Å². The molecule has 0 radical (unpaired) electrons. The zero-order valence-electron chi connectivity index (χ0n) is 15.3. The van der Waals surface area contributed by atoms with Crippen LogP contribution in [-0.4, -0.2) is 25.7 Å². The highest BCUT2D eigenvalue weighted by Crippen LogP contribution is 2.36. The number of hydrogen-bond donors (Lipinski definition) is 2. The lowest BCUT2D eigenvalue weighted by Gasteiger charge is -2.24. The molecule has 2 heterocycles. The van der Waals surface area contributed by atoms with Crippen molar-refractivity contribution in [2.24, 2.45) is 0 Å². The third-order valence-electron chi connectivity index (χ3n) is 5.25. The van der Waals surface area contributed by atoms with Crippen molar-refractivity contribution in [3.05, 3.63) is 57.7 Å². The van der Waals surface area contributed by atoms with Crippen molar-refractivity contribution in [3.63, 3.8) is 0 Å². The van der Waals surface area contributed by atoms with Crippen LogP contribution >= 0.6 is 11.6 Å². The normalized spacial score (nSPS) is 16.5. The summed E-state index contributed by atoms with van der Waals surface area (Å²) in [5.74, 6) is 1.51. The number of fused-ring (bicyclic) bond motifs is 3. The monoisotopic (exact) mass is 370 g/mol. The molecule has 2 N–H and O–H groups in total. The summed E-state index contributed by atoms with van der Waals surface area (Å²) in [5.41, 5.74) is 5.98. The largest absolute Gasteiger partial charge is 0.493 e. The molecular weight excluding hydrogens is 348 g/mol. The molecule has 1 unspecified atom stereocenters. The number of rotatable bonds is 4. The lowest BCUT2D eigenvalue weighted by Crippen LogP contribution is -2.31. The Hall–Kier alpha value is -2.17. The van der Waals surface area contributed by atoms with E-state index in [0.717, 1.165) is 47.0 Å². The maximum absolute atomic E-state index is 6.54. The Kier molecular flexibility index (Phi) is 4.55. The number of ether oxygens (including phenoxy) is 2. The topological polar surface area (TPSA) is 46.3 Å². The van der Waals surface area contributed by atoms with E-state index in [1.807, 2.05) is 13.0 Å². The molecule has 1 aromatic heterocycles. The van der Waals surface area contributed by atoms with E-state index in [9.17, 15) is 0 Å². The van der Waals surface area contributed by atoms with Crippen LogP contribution < -0.4 is 14.8 Å². The van der Waals surface area contributed by atoms with Gasteiger partial charge in [0.05, 0.1) is 30.8 Å². The Morgan fingerprint density at radius 2 is 1.92 bits per heavy atom. The number of nitrogens with one attached hydrogen (secondary N) is 2. The first kappa shape index (κ1) is 17.3. The predicted octanol–water partition coefficient (Wildman–Crippen LogP) is 4.58. The van der Waals surface area contributed by atoms with E-state index in [-0.39, 0.29) is 6.04 Å². The molecule has 1 aliphatic rings. The molecule has 26 heavy (non-hydrogen) atoms. The quantitative estimate of drug-likeness (QED) is 0.706. The molecular formula is C21H23ClN2O2. The van der Waals surface area contributed by atoms with E-state index < -0.39 is 0 Å². The van der Waals surface area contributed by atoms with Gasteiger partial charge in [-0.25, -0.2) is 0 Å². The van der Waals surface area contributed by atoms with Gasteiger partial charge in [0.1, 0.15) is 0 Å². The molecule has 0 bridgehead atoms. The molecule has 1 aliphatic heterocycles. The highest BCUT2D eigenvalue weighted by Gasteiger charge is 2.25. The van der Waals surface area contributed by atoms with Gasteiger partial charge in [-0.15, -0.1) is 0 Å². The van der Waals surface area contributed by atoms with Gasteiger partial charge in [0, 0.05) is 11.1 Å². The molecule has 4 nitrogen and oxygen atoms in total. The Balaban J connectivity index is 1.71. The molecule has 5 heteroatoms. The molecule has 1 atom stereocenters. The first-order valence-corrected chi connectivity index (χ1v) is 9.24. The van der Waals surface area contributed by atoms with Crippen LogP contribution in [-0.2, 0) is 12.8 Å². The lowest BCUT2D eigenvalue weighted by molar-refractivity contribution is 0.354. The Labute approximate surface area is 158 Å². The van der Waals surface area contributed by atoms with E-state index in [1.165, 1.54) is 22.2 Å². The van der Waals surface area contributed by atoms with Gasteiger partial charge in [-0.05, 0) is 55.1 Å². The van der Waals surface area contributed by atoms with Gasteiger partial charge in [-0.1, -0.05) is 29.8 Å². The zero-order valence-corrected chi connectivity index (χ0v) is 16.0. The van der Waals surface area contributed by atoms with Gasteiger partial charge in [-0.2, -0.15) is 0 Å². The smallest absolute Gasteiger partial charge is 0.160 e. The van der Waals surface area contributed by atoms with Crippen LogP contribution in [0.15, 0.2) is 30.3 Å². The molecule has 0 fully saturated rings. The molecule has 0 spiro atoms. The standard InChI is InChI=1S/C21H23ClN2O2/c1-12-4-6-14-15-8-9-23-16(20(15)24-21(14)19(12)22)10-13-5-7-17(25-2)18(11-13)26-3/h4-7,11,16,23-24H,8-10H2,1-3H3. The molecule has 0 saturated heterocycles. The number of hydrogen-bond acceptors (Lipinski definition) is 3. The summed E-state index contributed by atoms with van der Waals surface area (Å²) in [6.45, 7) is 3.00. The summed E-state index contributed by atoms with van der Waals surface area (Å²) in [6.07, 6.45) is 1.88. The first-order valence-electron chi connectivity index (χ1n) is 8.86. The highest BCUT2D eigenvalue weighted by atomic mass is 35.5. The van der Waals surface area contributed by atoms with Crippen molar-refractivity contribution in [1.82, 2.24) is 10.3 Å². The number of aromatic nitrogens is 1. The minimum absolute atomic E-state index is 0.223. The van der Waals surface area contributed by atoms with Crippen LogP contribution in [0.5, 0.6) is 11.5 Å². The maximum Gasteiger partial charge on any atom is 0.160 e. The number of benzene rings is 2. The Bertz CT molecular complexity index is 964. The highest BCUT2D eigenvalue weighted by molar-refractivity contribution is 6.36. The van der Waals surface area contributed by atoms with Crippen LogP contribution in [0.2, 0.25) is 5.02 Å². The van der Waals surface area contributed by atoms with Crippen LogP contribution in [0.1, 0.15) is 28.4 Å². The minimum atomic E-state index is 0.223. The Morgan fingerprint density at radius 1 is 1.12 bits per heavy atom. The lowest BCUT2D eigenvalue weighted by atomic mass is 9.94. The second-order valence-electron chi connectivity index (χ2n) is 6.79. The average Bonchev–Trinajstić information content (AvgIpc) is 3.05. The second kappa shape index (κ2) is 6.86. The number of halogens is 1. The summed E-state index contributed by atoms with van der Waals surface area (Å²) >= 11 is 6.54. The second-order valence-corrected chi connectivity index (χ2v) is 7.16. The summed E-state index contributed by atoms with van der Waals surface area (Å²) in [6, 6.07) is 10.6. The fourth-order valence-electron chi connectivity index (χ4n) is 3.87. The van der Waals surface area contributed by atoms with Crippen molar-refractivity contribution in [3.8, 4) is 11.5 Å². The molecule has 2 aromatic carbocycles. The summed E-state index contributed by atoms with van der Waals surface area (Å²) in [5, 5.41) is 5.70. The maximum atomic E-state index is 6.54. The Morgan fingerprint density at radius 3 is 2.69 bits per heavy atom. The predicted molar refractivity (Wildman–Crippen MR) is 106 cm³/mol. The number of methoxy groups -OCH3 is 2. The first-order chi connectivity index (χ1) is 12.6. The van der Waals surface area contributed by atoms with Crippen molar-refractivity contribution in [2.45, 2.75) is 25.8 Å². The molecule has 0 amide bonds. The summed E-state index contributed by atoms with van der Waals surface area (Å²) in [4.78, 5) is 3.60. The summed E-state index contributed by atoms with van der Waals surface area (Å²) < 4.78 is 10.8. The fraction of sp³-hybridized carbons (Fsp3) is 0.333. The fourth-order valence-corrected chi connectivity index (χ4v) is 4.08. The van der Waals surface area contributed by atoms with Gasteiger partial charge in [0.25, 0.3) is 0 Å². The third kappa shape index (κ3) is 2.83. The van der Waals surface area contributed by atoms with Crippen molar-refractivity contribution in [2.75, 3.05) is 20.8 Å². The zero-order chi connectivity index (χ0) is 18.3. The molecule has 136 valence electrons. The van der Waals surface area contributed by atoms with Crippen LogP contribution in [0, 0.1) is 6.92 Å². The van der Waals surface area contributed by atoms with Crippen LogP contribution in [0.4, 0.5) is 0 Å². The van der Waals surface area contributed by atoms with E-state index in [0.29, 0.717) is 0 Å². The van der Waals surface area contributed by atoms with Gasteiger partial charge < -0.3 is 19.8 Å². The summed E-state index contributed by atoms with van der Waals surface area (Å²) in [7, 11) is 3.32. The molecule has 4 rings (SSSR count). The molecule has 0 aliphatic carbocycles. The van der Waals surface area contributed by atoms with Gasteiger partial charge in [0.15, 0.2) is 11.5 Å². The van der Waals surface area contributed by atoms with Crippen molar-refractivity contribution in [1.29, 1.82) is 0 Å². The number of aromatic amines is 1. The van der Waals surface area contributed by atoms with Crippen molar-refractivity contribution >= 4 is 22.5 Å². The molecule has 3 aromatic rings. The van der Waals surface area contributed by atoms with Crippen molar-refractivity contribution < 1.29 is 9.47 Å². The van der Waals surface area contributed by atoms with E-state index in [4.69, 9.17) is 21.1 Å². The average molecular weight is 371 g/mol. The van der Waals surface area contributed by atoms with Gasteiger partial charge in [0.2, 0.25) is 0 Å². The SMILES string of the molecule is COc1ccc(CC2NCCc3c2[nH]c2c(Cl)c(C)ccc32)cc1OC. The minimum Gasteiger partial charge on any atom is -0.493 e. The van der Waals surface area contributed by atoms with E-state index in [2.05, 4.69) is 34.6 Å². The van der Waals surface area contributed by atoms with Gasteiger partial charge in [-0.3, -0.25) is 0 Å². The van der Waals surface area contributed by atoms with Crippen LogP contribution in [0.25, 0.3) is 10.9 Å². The number of aryl methyl sites for hydroxylation is 1.